The van der Waals surface area contributed by atoms with Gasteiger partial charge < -0.3 is 19.1 Å². The Kier molecular flexibility index (Phi) is 10.4. The van der Waals surface area contributed by atoms with E-state index < -0.39 is 0 Å². The van der Waals surface area contributed by atoms with Crippen LogP contribution in [0.25, 0.3) is 33.1 Å². The van der Waals surface area contributed by atoms with Gasteiger partial charge in [-0.25, -0.2) is 0 Å². The number of hydrogen-bond acceptors (Lipinski definition) is 4. The number of fused-ring (bicyclic) bond motifs is 7. The third kappa shape index (κ3) is 7.05. The minimum Gasteiger partial charge on any atom is -0.454 e. The molecule has 1 aromatic heterocycles. The fraction of sp³-hybridized carbons (Fsp3) is 0.156. The molecule has 69 heavy (non-hydrogen) atoms. The quantitative estimate of drug-likeness (QED) is 0.135. The van der Waals surface area contributed by atoms with Crippen LogP contribution in [0.4, 0.5) is 51.2 Å². The number of rotatable bonds is 9. The molecule has 0 aliphatic carbocycles. The van der Waals surface area contributed by atoms with Crippen LogP contribution < -0.4 is 31.1 Å². The van der Waals surface area contributed by atoms with Crippen LogP contribution in [0.3, 0.4) is 0 Å². The van der Waals surface area contributed by atoms with Crippen molar-refractivity contribution in [3.8, 4) is 11.1 Å². The molecule has 0 saturated heterocycles. The molecule has 2 aliphatic rings. The minimum absolute atomic E-state index is 0.0376. The van der Waals surface area contributed by atoms with E-state index in [4.69, 9.17) is 4.42 Å². The molecule has 0 amide bonds. The van der Waals surface area contributed by atoms with Crippen molar-refractivity contribution in [3.05, 3.63) is 216 Å². The van der Waals surface area contributed by atoms with Crippen LogP contribution in [0.2, 0.25) is 0 Å². The summed E-state index contributed by atoms with van der Waals surface area (Å²) in [7, 11) is 0. The lowest BCUT2D eigenvalue weighted by Crippen LogP contribution is -2.61. The van der Waals surface area contributed by atoms with Gasteiger partial charge in [-0.1, -0.05) is 174 Å². The summed E-state index contributed by atoms with van der Waals surface area (Å²) in [5, 5.41) is 2.20. The van der Waals surface area contributed by atoms with Crippen molar-refractivity contribution in [1.82, 2.24) is 0 Å². The van der Waals surface area contributed by atoms with Crippen LogP contribution in [-0.2, 0) is 0 Å². The van der Waals surface area contributed by atoms with Crippen LogP contribution in [0.1, 0.15) is 81.5 Å². The largest absolute Gasteiger partial charge is 0.454 e. The maximum absolute atomic E-state index is 6.88. The van der Waals surface area contributed by atoms with E-state index in [-0.39, 0.29) is 6.71 Å². The van der Waals surface area contributed by atoms with Gasteiger partial charge in [0.15, 0.2) is 5.58 Å². The molecule has 3 heterocycles. The summed E-state index contributed by atoms with van der Waals surface area (Å²) in [5.41, 5.74) is 23.3. The van der Waals surface area contributed by atoms with Crippen molar-refractivity contribution in [2.45, 2.75) is 66.2 Å². The van der Waals surface area contributed by atoms with E-state index in [1.807, 2.05) is 0 Å². The maximum Gasteiger partial charge on any atom is 0.252 e. The first kappa shape index (κ1) is 42.6. The molecule has 0 spiro atoms. The topological polar surface area (TPSA) is 22.9 Å². The van der Waals surface area contributed by atoms with E-state index in [1.54, 1.807) is 0 Å². The Balaban J connectivity index is 1.23. The molecule has 0 fully saturated rings. The van der Waals surface area contributed by atoms with Crippen LogP contribution >= 0.6 is 0 Å². The number of aryl methyl sites for hydroxylation is 1. The van der Waals surface area contributed by atoms with Crippen LogP contribution in [0.5, 0.6) is 0 Å². The molecule has 10 aromatic rings. The number of furan rings is 1. The Morgan fingerprint density at radius 2 is 1.03 bits per heavy atom. The molecule has 4 nitrogen and oxygen atoms in total. The SMILES string of the molecule is Cc1ccc(-c2ccccc2N2c3ccc(C(C)C)cc3B3c4cc(C(C)C)ccc4N(c4ccc(C(C)C)cc4)c4cc(N(c5ccccc5)c5cccc6c5oc5ccccc56)cc2c43)cc1. The predicted octanol–water partition coefficient (Wildman–Crippen LogP) is 16.5. The first-order valence-electron chi connectivity index (χ1n) is 24.7. The normalized spacial score (nSPS) is 12.9. The monoisotopic (exact) mass is 893 g/mol. The standard InChI is InChI=1S/C64H56BN3O/c1-40(2)44-28-32-49(33-29-44)67-57-34-30-46(41(3)4)36-54(57)65-55-37-47(42(5)6)31-35-58(55)68(56-21-13-11-18-51(56)45-26-24-43(7)25-27-45)61-39-50(38-60(67)63(61)65)66(48-16-9-8-10-17-48)59-22-15-20-53-52-19-12-14-23-62(52)69-64(53)59/h8-42H,1-7H3. The van der Waals surface area contributed by atoms with Crippen LogP contribution in [-0.4, -0.2) is 6.71 Å². The third-order valence-electron chi connectivity index (χ3n) is 14.7. The van der Waals surface area contributed by atoms with E-state index >= 15 is 0 Å². The molecule has 0 bridgehead atoms. The highest BCUT2D eigenvalue weighted by atomic mass is 16.3. The Morgan fingerprint density at radius 1 is 0.449 bits per heavy atom. The van der Waals surface area contributed by atoms with Gasteiger partial charge in [-0.3, -0.25) is 0 Å². The second-order valence-corrected chi connectivity index (χ2v) is 20.0. The van der Waals surface area contributed by atoms with Gasteiger partial charge in [0, 0.05) is 50.5 Å². The highest BCUT2D eigenvalue weighted by Gasteiger charge is 2.45. The molecule has 336 valence electrons. The Hall–Kier alpha value is -7.76. The van der Waals surface area contributed by atoms with Gasteiger partial charge in [-0.2, -0.15) is 0 Å². The molecular weight excluding hydrogens is 838 g/mol. The summed E-state index contributed by atoms with van der Waals surface area (Å²) in [6.07, 6.45) is 0. The first-order chi connectivity index (χ1) is 33.6. The summed E-state index contributed by atoms with van der Waals surface area (Å²) < 4.78 is 6.88. The van der Waals surface area contributed by atoms with Crippen molar-refractivity contribution in [2.24, 2.45) is 0 Å². The molecule has 0 radical (unpaired) electrons. The van der Waals surface area contributed by atoms with Gasteiger partial charge in [0.05, 0.1) is 17.1 Å². The fourth-order valence-corrected chi connectivity index (χ4v) is 11.0. The van der Waals surface area contributed by atoms with Crippen molar-refractivity contribution >= 4 is 96.2 Å². The van der Waals surface area contributed by atoms with Gasteiger partial charge in [0.1, 0.15) is 5.58 Å². The lowest BCUT2D eigenvalue weighted by atomic mass is 9.33. The predicted molar refractivity (Wildman–Crippen MR) is 295 cm³/mol. The second-order valence-electron chi connectivity index (χ2n) is 20.0. The smallest absolute Gasteiger partial charge is 0.252 e. The second kappa shape index (κ2) is 16.8. The van der Waals surface area contributed by atoms with Crippen LogP contribution in [0.15, 0.2) is 199 Å². The molecule has 0 atom stereocenters. The first-order valence-corrected chi connectivity index (χ1v) is 24.7. The molecule has 0 unspecified atom stereocenters. The minimum atomic E-state index is -0.0376. The van der Waals surface area contributed by atoms with Gasteiger partial charge in [0.2, 0.25) is 0 Å². The Bertz CT molecular complexity index is 3570. The number of para-hydroxylation sites is 4. The number of benzene rings is 9. The van der Waals surface area contributed by atoms with Gasteiger partial charge >= 0.3 is 0 Å². The lowest BCUT2D eigenvalue weighted by Gasteiger charge is -2.45. The average Bonchev–Trinajstić information content (AvgIpc) is 3.76. The zero-order valence-corrected chi connectivity index (χ0v) is 40.5. The lowest BCUT2D eigenvalue weighted by molar-refractivity contribution is 0.669. The summed E-state index contributed by atoms with van der Waals surface area (Å²) >= 11 is 0. The zero-order chi connectivity index (χ0) is 47.1. The summed E-state index contributed by atoms with van der Waals surface area (Å²) in [6, 6.07) is 72.5. The molecule has 0 saturated carbocycles. The van der Waals surface area contributed by atoms with Crippen molar-refractivity contribution in [2.75, 3.05) is 14.7 Å². The summed E-state index contributed by atoms with van der Waals surface area (Å²) in [5.74, 6) is 1.13. The Morgan fingerprint density at radius 3 is 1.71 bits per heavy atom. The molecule has 5 heteroatoms. The van der Waals surface area contributed by atoms with Crippen molar-refractivity contribution < 1.29 is 4.42 Å². The highest BCUT2D eigenvalue weighted by molar-refractivity contribution is 7.00. The highest BCUT2D eigenvalue weighted by Crippen LogP contribution is 2.51. The van der Waals surface area contributed by atoms with E-state index in [2.05, 4.69) is 257 Å². The molecule has 9 aromatic carbocycles. The number of hydrogen-bond donors (Lipinski definition) is 0. The number of nitrogens with zero attached hydrogens (tertiary/aromatic N) is 3. The maximum atomic E-state index is 6.88. The van der Waals surface area contributed by atoms with E-state index in [0.717, 1.165) is 61.8 Å². The average molecular weight is 894 g/mol. The van der Waals surface area contributed by atoms with E-state index in [9.17, 15) is 0 Å². The fourth-order valence-electron chi connectivity index (χ4n) is 11.0. The van der Waals surface area contributed by atoms with Crippen molar-refractivity contribution in [3.63, 3.8) is 0 Å². The third-order valence-corrected chi connectivity index (χ3v) is 14.7. The van der Waals surface area contributed by atoms with Gasteiger partial charge in [-0.05, 0) is 130 Å². The summed E-state index contributed by atoms with van der Waals surface area (Å²) in [4.78, 5) is 7.54. The molecule has 12 rings (SSSR count). The summed E-state index contributed by atoms with van der Waals surface area (Å²) in [6.45, 7) is 15.9. The molecule has 2 aliphatic heterocycles. The molecule has 0 N–H and O–H groups in total. The van der Waals surface area contributed by atoms with E-state index in [0.29, 0.717) is 17.8 Å². The van der Waals surface area contributed by atoms with Crippen LogP contribution in [0, 0.1) is 6.92 Å². The van der Waals surface area contributed by atoms with Gasteiger partial charge in [-0.15, -0.1) is 0 Å². The van der Waals surface area contributed by atoms with Gasteiger partial charge in [0.25, 0.3) is 6.71 Å². The molecular formula is C64H56BN3O. The van der Waals surface area contributed by atoms with E-state index in [1.165, 1.54) is 61.1 Å². The Labute approximate surface area is 407 Å². The zero-order valence-electron chi connectivity index (χ0n) is 40.5. The van der Waals surface area contributed by atoms with Crippen molar-refractivity contribution in [1.29, 1.82) is 0 Å². The number of anilines is 9.